The van der Waals surface area contributed by atoms with Crippen LogP contribution < -0.4 is 4.74 Å². The molecule has 0 aliphatic carbocycles. The topological polar surface area (TPSA) is 9.23 Å². The van der Waals surface area contributed by atoms with E-state index in [1.807, 2.05) is 19.1 Å². The van der Waals surface area contributed by atoms with Crippen LogP contribution >= 0.6 is 11.6 Å². The van der Waals surface area contributed by atoms with Crippen LogP contribution in [0, 0.1) is 11.9 Å². The lowest BCUT2D eigenvalue weighted by Crippen LogP contribution is -1.96. The Morgan fingerprint density at radius 1 is 1.33 bits per heavy atom. The van der Waals surface area contributed by atoms with Gasteiger partial charge < -0.3 is 4.74 Å². The summed E-state index contributed by atoms with van der Waals surface area (Å²) in [7, 11) is 0. The molecule has 0 N–H and O–H groups in total. The van der Waals surface area contributed by atoms with Gasteiger partial charge in [-0.2, -0.15) is 0 Å². The first-order valence-corrected chi connectivity index (χ1v) is 6.14. The highest BCUT2D eigenvalue weighted by atomic mass is 35.5. The molecule has 18 heavy (non-hydrogen) atoms. The van der Waals surface area contributed by atoms with Crippen molar-refractivity contribution in [1.29, 1.82) is 0 Å². The third kappa shape index (κ3) is 3.02. The number of halogens is 2. The van der Waals surface area contributed by atoms with Gasteiger partial charge >= 0.3 is 0 Å². The molecule has 2 aromatic rings. The summed E-state index contributed by atoms with van der Waals surface area (Å²) >= 11 is 6.06. The summed E-state index contributed by atoms with van der Waals surface area (Å²) in [4.78, 5) is 0. The summed E-state index contributed by atoms with van der Waals surface area (Å²) in [6.45, 7) is 2.28. The van der Waals surface area contributed by atoms with Crippen molar-refractivity contribution in [2.75, 3.05) is 6.61 Å². The quantitative estimate of drug-likeness (QED) is 0.800. The maximum atomic E-state index is 13.7. The van der Waals surface area contributed by atoms with Crippen LogP contribution in [0.1, 0.15) is 18.1 Å². The van der Waals surface area contributed by atoms with Crippen molar-refractivity contribution < 1.29 is 9.13 Å². The second kappa shape index (κ2) is 5.87. The average Bonchev–Trinajstić information content (AvgIpc) is 2.36. The van der Waals surface area contributed by atoms with Crippen LogP contribution in [0.2, 0.25) is 5.02 Å². The molecule has 0 unspecified atom stereocenters. The lowest BCUT2D eigenvalue weighted by Gasteiger charge is -2.08. The minimum Gasteiger partial charge on any atom is -0.491 e. The molecule has 3 heteroatoms. The van der Waals surface area contributed by atoms with E-state index in [1.165, 1.54) is 6.07 Å². The summed E-state index contributed by atoms with van der Waals surface area (Å²) in [5.74, 6) is -0.0580. The zero-order chi connectivity index (χ0) is 13.0. The van der Waals surface area contributed by atoms with Gasteiger partial charge in [-0.25, -0.2) is 4.39 Å². The molecule has 1 nitrogen and oxygen atoms in total. The fraction of sp³-hybridized carbons (Fsp3) is 0.200. The molecule has 1 radical (unpaired) electrons. The van der Waals surface area contributed by atoms with Gasteiger partial charge in [0.15, 0.2) is 11.6 Å². The molecule has 0 spiro atoms. The summed E-state index contributed by atoms with van der Waals surface area (Å²) in [6, 6.07) is 13.3. The Labute approximate surface area is 111 Å². The van der Waals surface area contributed by atoms with Crippen LogP contribution in [0.15, 0.2) is 36.4 Å². The Morgan fingerprint density at radius 3 is 2.83 bits per heavy atom. The molecule has 0 aliphatic rings. The van der Waals surface area contributed by atoms with Crippen LogP contribution in [-0.4, -0.2) is 6.61 Å². The van der Waals surface area contributed by atoms with E-state index in [9.17, 15) is 4.39 Å². The normalized spacial score (nSPS) is 10.4. The SMILES string of the molecule is CCOc1ccc(Cc2c[c]ccc2Cl)cc1F. The standard InChI is InChI=1S/C15H13ClFO/c1-2-18-15-8-7-11(10-14(15)17)9-12-5-3-4-6-13(12)16/h4-8,10H,2,9H2,1H3. The molecule has 93 valence electrons. The van der Waals surface area contributed by atoms with Crippen molar-refractivity contribution in [2.45, 2.75) is 13.3 Å². The molecule has 2 rings (SSSR count). The van der Waals surface area contributed by atoms with Gasteiger partial charge in [0.05, 0.1) is 6.61 Å². The second-order valence-corrected chi connectivity index (χ2v) is 4.30. The van der Waals surface area contributed by atoms with Crippen LogP contribution in [-0.2, 0) is 6.42 Å². The summed E-state index contributed by atoms with van der Waals surface area (Å²) < 4.78 is 18.8. The Bertz CT molecular complexity index is 540. The summed E-state index contributed by atoms with van der Waals surface area (Å²) in [6.07, 6.45) is 0.583. The minimum absolute atomic E-state index is 0.284. The molecule has 0 aliphatic heterocycles. The third-order valence-corrected chi connectivity index (χ3v) is 2.95. The zero-order valence-corrected chi connectivity index (χ0v) is 10.8. The van der Waals surface area contributed by atoms with Crippen molar-refractivity contribution in [3.63, 3.8) is 0 Å². The van der Waals surface area contributed by atoms with Gasteiger partial charge in [0.1, 0.15) is 0 Å². The molecule has 0 amide bonds. The van der Waals surface area contributed by atoms with E-state index in [2.05, 4.69) is 6.07 Å². The summed E-state index contributed by atoms with van der Waals surface area (Å²) in [5, 5.41) is 0.669. The van der Waals surface area contributed by atoms with E-state index in [1.54, 1.807) is 18.2 Å². The van der Waals surface area contributed by atoms with Crippen molar-refractivity contribution in [1.82, 2.24) is 0 Å². The first kappa shape index (κ1) is 12.9. The first-order chi connectivity index (χ1) is 8.70. The molecule has 2 aromatic carbocycles. The number of ether oxygens (including phenoxy) is 1. The van der Waals surface area contributed by atoms with Gasteiger partial charge in [-0.3, -0.25) is 0 Å². The molecule has 0 heterocycles. The van der Waals surface area contributed by atoms with E-state index in [4.69, 9.17) is 16.3 Å². The predicted octanol–water partition coefficient (Wildman–Crippen LogP) is 4.27. The second-order valence-electron chi connectivity index (χ2n) is 3.89. The molecule has 0 saturated carbocycles. The van der Waals surface area contributed by atoms with Crippen LogP contribution in [0.3, 0.4) is 0 Å². The Hall–Kier alpha value is -1.54. The monoisotopic (exact) mass is 263 g/mol. The van der Waals surface area contributed by atoms with Gasteiger partial charge in [-0.05, 0) is 54.8 Å². The smallest absolute Gasteiger partial charge is 0.165 e. The number of rotatable bonds is 4. The molecule has 0 fully saturated rings. The van der Waals surface area contributed by atoms with Crippen LogP contribution in [0.4, 0.5) is 4.39 Å². The van der Waals surface area contributed by atoms with Gasteiger partial charge in [-0.15, -0.1) is 0 Å². The van der Waals surface area contributed by atoms with E-state index in [-0.39, 0.29) is 11.6 Å². The molecule has 0 saturated heterocycles. The maximum absolute atomic E-state index is 13.7. The van der Waals surface area contributed by atoms with Crippen LogP contribution in [0.5, 0.6) is 5.75 Å². The molecule has 0 atom stereocenters. The third-order valence-electron chi connectivity index (χ3n) is 2.58. The number of benzene rings is 2. The highest BCUT2D eigenvalue weighted by molar-refractivity contribution is 6.31. The van der Waals surface area contributed by atoms with Gasteiger partial charge in [-0.1, -0.05) is 23.7 Å². The Balaban J connectivity index is 2.20. The Morgan fingerprint density at radius 2 is 2.17 bits per heavy atom. The highest BCUT2D eigenvalue weighted by Crippen LogP contribution is 2.22. The van der Waals surface area contributed by atoms with Crippen molar-refractivity contribution >= 4 is 11.6 Å². The minimum atomic E-state index is -0.342. The van der Waals surface area contributed by atoms with E-state index >= 15 is 0 Å². The molecule has 0 aromatic heterocycles. The van der Waals surface area contributed by atoms with Gasteiger partial charge in [0.25, 0.3) is 0 Å². The average molecular weight is 264 g/mol. The number of hydrogen-bond donors (Lipinski definition) is 0. The number of hydrogen-bond acceptors (Lipinski definition) is 1. The fourth-order valence-corrected chi connectivity index (χ4v) is 1.91. The van der Waals surface area contributed by atoms with E-state index < -0.39 is 0 Å². The highest BCUT2D eigenvalue weighted by Gasteiger charge is 2.06. The summed E-state index contributed by atoms with van der Waals surface area (Å²) in [5.41, 5.74) is 1.79. The molecule has 0 bridgehead atoms. The largest absolute Gasteiger partial charge is 0.491 e. The molecular formula is C15H13ClFO. The van der Waals surface area contributed by atoms with Gasteiger partial charge in [0, 0.05) is 5.02 Å². The van der Waals surface area contributed by atoms with E-state index in [0.29, 0.717) is 18.1 Å². The Kier molecular flexibility index (Phi) is 4.21. The fourth-order valence-electron chi connectivity index (χ4n) is 1.73. The lowest BCUT2D eigenvalue weighted by atomic mass is 10.0. The van der Waals surface area contributed by atoms with Crippen molar-refractivity contribution in [3.05, 3.63) is 64.4 Å². The van der Waals surface area contributed by atoms with Gasteiger partial charge in [0.2, 0.25) is 0 Å². The predicted molar refractivity (Wildman–Crippen MR) is 70.7 cm³/mol. The van der Waals surface area contributed by atoms with Crippen molar-refractivity contribution in [3.8, 4) is 5.75 Å². The zero-order valence-electron chi connectivity index (χ0n) is 10.0. The van der Waals surface area contributed by atoms with Crippen molar-refractivity contribution in [2.24, 2.45) is 0 Å². The maximum Gasteiger partial charge on any atom is 0.165 e. The molecular weight excluding hydrogens is 251 g/mol. The first-order valence-electron chi connectivity index (χ1n) is 5.76. The van der Waals surface area contributed by atoms with E-state index in [0.717, 1.165) is 11.1 Å². The van der Waals surface area contributed by atoms with Crippen LogP contribution in [0.25, 0.3) is 0 Å². The lowest BCUT2D eigenvalue weighted by molar-refractivity contribution is 0.321.